The molecule has 0 aliphatic carbocycles. The molecule has 21 heavy (non-hydrogen) atoms. The molecular weight excluding hydrogens is 267 g/mol. The van der Waals surface area contributed by atoms with Crippen LogP contribution in [0.1, 0.15) is 30.6 Å². The molecule has 0 saturated carbocycles. The smallest absolute Gasteiger partial charge is 0.123 e. The number of anilines is 1. The Morgan fingerprint density at radius 3 is 2.57 bits per heavy atom. The lowest BCUT2D eigenvalue weighted by Crippen LogP contribution is -2.26. The average molecular weight is 284 g/mol. The third-order valence-electron chi connectivity index (χ3n) is 3.37. The number of benzene rings is 2. The normalized spacial score (nSPS) is 13.2. The van der Waals surface area contributed by atoms with Gasteiger partial charge in [-0.25, -0.2) is 4.39 Å². The van der Waals surface area contributed by atoms with E-state index in [1.807, 2.05) is 6.92 Å². The van der Waals surface area contributed by atoms with Gasteiger partial charge in [0.05, 0.1) is 23.8 Å². The van der Waals surface area contributed by atoms with E-state index in [0.717, 1.165) is 5.69 Å². The van der Waals surface area contributed by atoms with Crippen molar-refractivity contribution in [3.63, 3.8) is 0 Å². The van der Waals surface area contributed by atoms with Gasteiger partial charge in [-0.2, -0.15) is 5.26 Å². The van der Waals surface area contributed by atoms with E-state index in [4.69, 9.17) is 5.26 Å². The minimum absolute atomic E-state index is 0.218. The zero-order valence-electron chi connectivity index (χ0n) is 11.8. The summed E-state index contributed by atoms with van der Waals surface area (Å²) in [5.74, 6) is -0.295. The zero-order valence-corrected chi connectivity index (χ0v) is 11.8. The number of aliphatic hydroxyl groups excluding tert-OH is 1. The molecule has 108 valence electrons. The van der Waals surface area contributed by atoms with Crippen molar-refractivity contribution in [1.29, 1.82) is 5.26 Å². The predicted octanol–water partition coefficient (Wildman–Crippen LogP) is 3.62. The lowest BCUT2D eigenvalue weighted by Gasteiger charge is -2.24. The van der Waals surface area contributed by atoms with E-state index in [1.165, 1.54) is 12.1 Å². The Bertz CT molecular complexity index is 634. The standard InChI is InChI=1S/C17H17FN2O/c1-2-16(20-15-8-6-14(18)7-9-15)17(21)13-5-3-4-12(10-13)11-19/h3-10,16-17,20-21H,2H2,1H3. The van der Waals surface area contributed by atoms with E-state index < -0.39 is 6.10 Å². The molecule has 2 aromatic carbocycles. The molecule has 2 unspecified atom stereocenters. The van der Waals surface area contributed by atoms with Crippen molar-refractivity contribution in [3.05, 3.63) is 65.5 Å². The topological polar surface area (TPSA) is 56.0 Å². The Morgan fingerprint density at radius 1 is 1.24 bits per heavy atom. The molecule has 0 aliphatic heterocycles. The van der Waals surface area contributed by atoms with Crippen LogP contribution < -0.4 is 5.32 Å². The van der Waals surface area contributed by atoms with Gasteiger partial charge in [0.15, 0.2) is 0 Å². The molecule has 0 fully saturated rings. The predicted molar refractivity (Wildman–Crippen MR) is 80.2 cm³/mol. The first-order valence-electron chi connectivity index (χ1n) is 6.84. The lowest BCUT2D eigenvalue weighted by atomic mass is 9.98. The highest BCUT2D eigenvalue weighted by molar-refractivity contribution is 5.45. The van der Waals surface area contributed by atoms with Gasteiger partial charge in [-0.1, -0.05) is 19.1 Å². The fourth-order valence-electron chi connectivity index (χ4n) is 2.19. The summed E-state index contributed by atoms with van der Waals surface area (Å²) in [7, 11) is 0. The summed E-state index contributed by atoms with van der Waals surface area (Å²) in [6.45, 7) is 1.96. The van der Waals surface area contributed by atoms with Gasteiger partial charge in [0.25, 0.3) is 0 Å². The minimum Gasteiger partial charge on any atom is -0.386 e. The number of hydrogen-bond donors (Lipinski definition) is 2. The van der Waals surface area contributed by atoms with Gasteiger partial charge in [0.2, 0.25) is 0 Å². The molecule has 0 amide bonds. The molecular formula is C17H17FN2O. The SMILES string of the molecule is CCC(Nc1ccc(F)cc1)C(O)c1cccc(C#N)c1. The van der Waals surface area contributed by atoms with Crippen molar-refractivity contribution in [2.45, 2.75) is 25.5 Å². The number of nitrogens with zero attached hydrogens (tertiary/aromatic N) is 1. The van der Waals surface area contributed by atoms with Gasteiger partial charge in [-0.05, 0) is 48.4 Å². The largest absolute Gasteiger partial charge is 0.386 e. The molecule has 2 N–H and O–H groups in total. The number of nitriles is 1. The van der Waals surface area contributed by atoms with E-state index in [1.54, 1.807) is 36.4 Å². The number of nitrogens with one attached hydrogen (secondary N) is 1. The van der Waals surface area contributed by atoms with Gasteiger partial charge in [-0.3, -0.25) is 0 Å². The highest BCUT2D eigenvalue weighted by atomic mass is 19.1. The van der Waals surface area contributed by atoms with Crippen LogP contribution in [0.15, 0.2) is 48.5 Å². The van der Waals surface area contributed by atoms with Crippen LogP contribution in [-0.4, -0.2) is 11.1 Å². The molecule has 0 spiro atoms. The van der Waals surface area contributed by atoms with Crippen LogP contribution in [0.3, 0.4) is 0 Å². The van der Waals surface area contributed by atoms with Crippen molar-refractivity contribution in [3.8, 4) is 6.07 Å². The molecule has 3 nitrogen and oxygen atoms in total. The number of hydrogen-bond acceptors (Lipinski definition) is 3. The molecule has 0 bridgehead atoms. The van der Waals surface area contributed by atoms with Crippen LogP contribution in [0.4, 0.5) is 10.1 Å². The summed E-state index contributed by atoms with van der Waals surface area (Å²) in [5.41, 5.74) is 1.96. The molecule has 0 aromatic heterocycles. The molecule has 2 aromatic rings. The van der Waals surface area contributed by atoms with Crippen molar-refractivity contribution in [2.24, 2.45) is 0 Å². The van der Waals surface area contributed by atoms with Crippen molar-refractivity contribution >= 4 is 5.69 Å². The van der Waals surface area contributed by atoms with Crippen molar-refractivity contribution < 1.29 is 9.50 Å². The van der Waals surface area contributed by atoms with E-state index in [9.17, 15) is 9.50 Å². The Kier molecular flexibility index (Phi) is 4.91. The maximum atomic E-state index is 12.9. The monoisotopic (exact) mass is 284 g/mol. The summed E-state index contributed by atoms with van der Waals surface area (Å²) in [6, 6.07) is 14.8. The quantitative estimate of drug-likeness (QED) is 0.881. The number of rotatable bonds is 5. The highest BCUT2D eigenvalue weighted by Gasteiger charge is 2.19. The maximum Gasteiger partial charge on any atom is 0.123 e. The van der Waals surface area contributed by atoms with Crippen LogP contribution in [0.5, 0.6) is 0 Å². The van der Waals surface area contributed by atoms with Crippen LogP contribution in [0.25, 0.3) is 0 Å². The van der Waals surface area contributed by atoms with Crippen LogP contribution >= 0.6 is 0 Å². The first-order valence-corrected chi connectivity index (χ1v) is 6.84. The molecule has 2 rings (SSSR count). The second kappa shape index (κ2) is 6.87. The maximum absolute atomic E-state index is 12.9. The van der Waals surface area contributed by atoms with Gasteiger partial charge < -0.3 is 10.4 Å². The van der Waals surface area contributed by atoms with Gasteiger partial charge in [-0.15, -0.1) is 0 Å². The second-order valence-corrected chi connectivity index (χ2v) is 4.85. The zero-order chi connectivity index (χ0) is 15.2. The molecule has 0 saturated heterocycles. The lowest BCUT2D eigenvalue weighted by molar-refractivity contribution is 0.152. The number of halogens is 1. The molecule has 2 atom stereocenters. The van der Waals surface area contributed by atoms with E-state index in [2.05, 4.69) is 11.4 Å². The van der Waals surface area contributed by atoms with Crippen LogP contribution in [-0.2, 0) is 0 Å². The fourth-order valence-corrected chi connectivity index (χ4v) is 2.19. The van der Waals surface area contributed by atoms with E-state index in [-0.39, 0.29) is 11.9 Å². The minimum atomic E-state index is -0.742. The van der Waals surface area contributed by atoms with Gasteiger partial charge >= 0.3 is 0 Å². The summed E-state index contributed by atoms with van der Waals surface area (Å²) in [6.07, 6.45) is -0.0525. The first-order chi connectivity index (χ1) is 10.1. The Labute approximate surface area is 123 Å². The van der Waals surface area contributed by atoms with Gasteiger partial charge in [0, 0.05) is 5.69 Å². The Hall–Kier alpha value is -2.38. The third-order valence-corrected chi connectivity index (χ3v) is 3.37. The molecule has 0 heterocycles. The highest BCUT2D eigenvalue weighted by Crippen LogP contribution is 2.23. The van der Waals surface area contributed by atoms with Crippen molar-refractivity contribution in [1.82, 2.24) is 0 Å². The average Bonchev–Trinajstić information content (AvgIpc) is 2.53. The van der Waals surface area contributed by atoms with Crippen molar-refractivity contribution in [2.75, 3.05) is 5.32 Å². The van der Waals surface area contributed by atoms with E-state index in [0.29, 0.717) is 17.5 Å². The number of aliphatic hydroxyl groups is 1. The van der Waals surface area contributed by atoms with Gasteiger partial charge in [0.1, 0.15) is 5.82 Å². The van der Waals surface area contributed by atoms with Crippen LogP contribution in [0, 0.1) is 17.1 Å². The first kappa shape index (κ1) is 15.0. The van der Waals surface area contributed by atoms with Crippen LogP contribution in [0.2, 0.25) is 0 Å². The molecule has 0 aliphatic rings. The van der Waals surface area contributed by atoms with E-state index >= 15 is 0 Å². The Morgan fingerprint density at radius 2 is 1.95 bits per heavy atom. The molecule has 0 radical (unpaired) electrons. The second-order valence-electron chi connectivity index (χ2n) is 4.85. The Balaban J connectivity index is 2.16. The summed E-state index contributed by atoms with van der Waals surface area (Å²) in [4.78, 5) is 0. The summed E-state index contributed by atoms with van der Waals surface area (Å²) < 4.78 is 12.9. The third kappa shape index (κ3) is 3.80. The molecule has 4 heteroatoms. The summed E-state index contributed by atoms with van der Waals surface area (Å²) >= 11 is 0. The fraction of sp³-hybridized carbons (Fsp3) is 0.235. The summed E-state index contributed by atoms with van der Waals surface area (Å²) in [5, 5.41) is 22.6.